The lowest BCUT2D eigenvalue weighted by Crippen LogP contribution is -2.29. The van der Waals surface area contributed by atoms with Crippen molar-refractivity contribution in [3.8, 4) is 22.3 Å². The van der Waals surface area contributed by atoms with Crippen LogP contribution < -0.4 is 0 Å². The van der Waals surface area contributed by atoms with E-state index in [9.17, 15) is 0 Å². The summed E-state index contributed by atoms with van der Waals surface area (Å²) in [6.07, 6.45) is 18.5. The van der Waals surface area contributed by atoms with Crippen LogP contribution in [0.5, 0.6) is 0 Å². The Morgan fingerprint density at radius 1 is 0.400 bits per heavy atom. The number of hydrogen-bond donors (Lipinski definition) is 0. The summed E-state index contributed by atoms with van der Waals surface area (Å²) in [7, 11) is 0. The molecule has 0 amide bonds. The average Bonchev–Trinajstić information content (AvgIpc) is 3.58. The van der Waals surface area contributed by atoms with E-state index in [1.807, 2.05) is 0 Å². The molecule has 0 fully saturated rings. The van der Waals surface area contributed by atoms with Gasteiger partial charge in [0.1, 0.15) is 0 Å². The molecular weight excluding hydrogens is 736 g/mol. The van der Waals surface area contributed by atoms with Gasteiger partial charge in [-0.25, -0.2) is 0 Å². The van der Waals surface area contributed by atoms with Gasteiger partial charge >= 0.3 is 0 Å². The first-order chi connectivity index (χ1) is 24.5. The van der Waals surface area contributed by atoms with Gasteiger partial charge in [-0.3, -0.25) is 0 Å². The highest BCUT2D eigenvalue weighted by Gasteiger charge is 2.49. The van der Waals surface area contributed by atoms with Gasteiger partial charge in [-0.05, 0) is 105 Å². The molecule has 0 saturated carbocycles. The molecule has 0 atom stereocenters. The summed E-state index contributed by atoms with van der Waals surface area (Å²) in [5, 5.41) is 0. The normalized spacial score (nSPS) is 14.6. The monoisotopic (exact) mass is 786 g/mol. The molecule has 0 nitrogen and oxygen atoms in total. The molecule has 0 aromatic heterocycles. The number of hydrogen-bond acceptors (Lipinski definition) is 0. The number of benzene rings is 5. The summed E-state index contributed by atoms with van der Waals surface area (Å²) in [5.41, 5.74) is 13.9. The second kappa shape index (κ2) is 15.7. The Morgan fingerprint density at radius 3 is 1.36 bits per heavy atom. The summed E-state index contributed by atoms with van der Waals surface area (Å²) in [6, 6.07) is 42.2. The fourth-order valence-corrected chi connectivity index (χ4v) is 10.0. The molecule has 258 valence electrons. The second-order valence-electron chi connectivity index (χ2n) is 14.9. The van der Waals surface area contributed by atoms with Crippen LogP contribution in [0.1, 0.15) is 137 Å². The minimum atomic E-state index is -0.416. The van der Waals surface area contributed by atoms with E-state index in [-0.39, 0.29) is 5.41 Å². The predicted molar refractivity (Wildman–Crippen MR) is 221 cm³/mol. The zero-order chi connectivity index (χ0) is 34.6. The first kappa shape index (κ1) is 35.5. The average molecular weight is 789 g/mol. The van der Waals surface area contributed by atoms with Crippen LogP contribution in [0.3, 0.4) is 0 Å². The number of unbranched alkanes of at least 4 members (excludes halogenated alkanes) is 10. The molecule has 5 aromatic rings. The Balaban J connectivity index is 1.42. The van der Waals surface area contributed by atoms with Gasteiger partial charge in [-0.1, -0.05) is 196 Å². The van der Waals surface area contributed by atoms with Crippen molar-refractivity contribution in [1.29, 1.82) is 0 Å². The van der Waals surface area contributed by atoms with Crippen LogP contribution in [0.2, 0.25) is 0 Å². The van der Waals surface area contributed by atoms with Gasteiger partial charge in [-0.15, -0.1) is 0 Å². The molecule has 50 heavy (non-hydrogen) atoms. The maximum Gasteiger partial charge on any atom is 0.0713 e. The molecule has 0 unspecified atom stereocenters. The van der Waals surface area contributed by atoms with Crippen LogP contribution in [0, 0.1) is 0 Å². The zero-order valence-electron chi connectivity index (χ0n) is 30.0. The Labute approximate surface area is 318 Å². The Bertz CT molecular complexity index is 1840. The molecule has 0 bridgehead atoms. The first-order valence-electron chi connectivity index (χ1n) is 19.5. The van der Waals surface area contributed by atoms with Crippen LogP contribution in [0.25, 0.3) is 22.3 Å². The first-order valence-corrected chi connectivity index (χ1v) is 21.0. The molecule has 2 aliphatic carbocycles. The zero-order valence-corrected chi connectivity index (χ0v) is 33.2. The maximum atomic E-state index is 3.74. The SMILES string of the molecule is CCCCCCCCC1(CCCCCCCC)c2ccccc2-c2cc3c(cc21)-c1ccccc1C3(c1ccc(Br)cc1)c1ccc(Br)cc1. The van der Waals surface area contributed by atoms with Crippen LogP contribution in [-0.4, -0.2) is 0 Å². The third kappa shape index (κ3) is 6.38. The van der Waals surface area contributed by atoms with Crippen molar-refractivity contribution in [2.45, 2.75) is 115 Å². The van der Waals surface area contributed by atoms with Gasteiger partial charge in [-0.2, -0.15) is 0 Å². The van der Waals surface area contributed by atoms with Gasteiger partial charge in [0.25, 0.3) is 0 Å². The van der Waals surface area contributed by atoms with Crippen LogP contribution >= 0.6 is 31.9 Å². The van der Waals surface area contributed by atoms with E-state index >= 15 is 0 Å². The topological polar surface area (TPSA) is 0 Å². The third-order valence-corrected chi connectivity index (χ3v) is 13.0. The number of fused-ring (bicyclic) bond motifs is 6. The minimum absolute atomic E-state index is 0.0614. The molecule has 2 heteroatoms. The molecule has 5 aromatic carbocycles. The van der Waals surface area contributed by atoms with Crippen molar-refractivity contribution in [1.82, 2.24) is 0 Å². The standard InChI is InChI=1S/C48H52Br2/c1-3-5-7-9-11-17-31-47(32-18-12-10-8-6-4-2)43-21-15-13-19-39(43)41-34-46-42(33-45(41)47)40-20-14-16-22-44(40)48(46,35-23-27-37(49)28-24-35)36-25-29-38(50)30-26-36/h13-16,19-30,33-34H,3-12,17-18,31-32H2,1-2H3. The second-order valence-corrected chi connectivity index (χ2v) is 16.7. The van der Waals surface area contributed by atoms with Crippen molar-refractivity contribution in [3.05, 3.63) is 152 Å². The smallest absolute Gasteiger partial charge is 0.0654 e. The Hall–Kier alpha value is -2.94. The number of halogens is 2. The summed E-state index contributed by atoms with van der Waals surface area (Å²) >= 11 is 7.48. The molecule has 0 saturated heterocycles. The molecule has 0 heterocycles. The van der Waals surface area contributed by atoms with Gasteiger partial charge in [0.15, 0.2) is 0 Å². The quantitative estimate of drug-likeness (QED) is 0.0857. The molecule has 7 rings (SSSR count). The molecule has 0 N–H and O–H groups in total. The van der Waals surface area contributed by atoms with Gasteiger partial charge < -0.3 is 0 Å². The van der Waals surface area contributed by atoms with Crippen molar-refractivity contribution in [2.24, 2.45) is 0 Å². The van der Waals surface area contributed by atoms with Gasteiger partial charge in [0.2, 0.25) is 0 Å². The summed E-state index contributed by atoms with van der Waals surface area (Å²) < 4.78 is 2.21. The van der Waals surface area contributed by atoms with Crippen molar-refractivity contribution >= 4 is 31.9 Å². The maximum absolute atomic E-state index is 3.74. The van der Waals surface area contributed by atoms with E-state index in [1.54, 1.807) is 11.1 Å². The summed E-state index contributed by atoms with van der Waals surface area (Å²) in [4.78, 5) is 0. The highest BCUT2D eigenvalue weighted by atomic mass is 79.9. The van der Waals surface area contributed by atoms with E-state index in [0.717, 1.165) is 8.95 Å². The number of rotatable bonds is 16. The van der Waals surface area contributed by atoms with Crippen molar-refractivity contribution in [3.63, 3.8) is 0 Å². The third-order valence-electron chi connectivity index (χ3n) is 11.9. The van der Waals surface area contributed by atoms with Gasteiger partial charge in [0, 0.05) is 14.4 Å². The lowest BCUT2D eigenvalue weighted by molar-refractivity contribution is 0.398. The van der Waals surface area contributed by atoms with Crippen LogP contribution in [0.4, 0.5) is 0 Å². The molecule has 0 spiro atoms. The fraction of sp³-hybridized carbons (Fsp3) is 0.375. The molecule has 2 aliphatic rings. The van der Waals surface area contributed by atoms with E-state index in [4.69, 9.17) is 0 Å². The Morgan fingerprint density at radius 2 is 0.820 bits per heavy atom. The highest BCUT2D eigenvalue weighted by Crippen LogP contribution is 2.61. The minimum Gasteiger partial charge on any atom is -0.0654 e. The Kier molecular flexibility index (Phi) is 11.2. The van der Waals surface area contributed by atoms with E-state index in [2.05, 4.69) is 155 Å². The van der Waals surface area contributed by atoms with E-state index in [1.165, 1.54) is 134 Å². The lowest BCUT2D eigenvalue weighted by atomic mass is 9.67. The van der Waals surface area contributed by atoms with Crippen molar-refractivity contribution in [2.75, 3.05) is 0 Å². The summed E-state index contributed by atoms with van der Waals surface area (Å²) in [5.74, 6) is 0. The highest BCUT2D eigenvalue weighted by molar-refractivity contribution is 9.10. The van der Waals surface area contributed by atoms with Gasteiger partial charge in [0.05, 0.1) is 5.41 Å². The fourth-order valence-electron chi connectivity index (χ4n) is 9.49. The van der Waals surface area contributed by atoms with Crippen molar-refractivity contribution < 1.29 is 0 Å². The van der Waals surface area contributed by atoms with Crippen LogP contribution in [-0.2, 0) is 10.8 Å². The molecule has 0 radical (unpaired) electrons. The van der Waals surface area contributed by atoms with E-state index < -0.39 is 5.41 Å². The molecule has 0 aliphatic heterocycles. The summed E-state index contributed by atoms with van der Waals surface area (Å²) in [6.45, 7) is 4.64. The van der Waals surface area contributed by atoms with E-state index in [0.29, 0.717) is 0 Å². The largest absolute Gasteiger partial charge is 0.0713 e. The van der Waals surface area contributed by atoms with Crippen LogP contribution in [0.15, 0.2) is 118 Å². The molecular formula is C48H52Br2. The lowest BCUT2D eigenvalue weighted by Gasteiger charge is -2.35. The predicted octanol–water partition coefficient (Wildman–Crippen LogP) is 15.3.